The zero-order valence-electron chi connectivity index (χ0n) is 15.1. The number of nitrogens with zero attached hydrogens (tertiary/aromatic N) is 1. The van der Waals surface area contributed by atoms with Crippen LogP contribution in [0.3, 0.4) is 0 Å². The third kappa shape index (κ3) is 4.54. The molecule has 0 saturated heterocycles. The molecule has 1 heteroatoms. The minimum atomic E-state index is 0.203. The van der Waals surface area contributed by atoms with Crippen LogP contribution in [-0.2, 0) is 6.42 Å². The molecule has 1 atom stereocenters. The van der Waals surface area contributed by atoms with E-state index in [0.717, 1.165) is 6.42 Å². The number of hydrogen-bond donors (Lipinski definition) is 0. The zero-order valence-corrected chi connectivity index (χ0v) is 15.1. The van der Waals surface area contributed by atoms with Crippen molar-refractivity contribution in [1.29, 1.82) is 0 Å². The van der Waals surface area contributed by atoms with Gasteiger partial charge in [-0.25, -0.2) is 0 Å². The highest BCUT2D eigenvalue weighted by Crippen LogP contribution is 2.33. The predicted octanol–water partition coefficient (Wildman–Crippen LogP) is 6.31. The molecule has 0 aromatic heterocycles. The summed E-state index contributed by atoms with van der Waals surface area (Å²) in [4.78, 5) is 4.85. The fourth-order valence-electron chi connectivity index (χ4n) is 3.10. The predicted molar refractivity (Wildman–Crippen MR) is 102 cm³/mol. The molecular weight excluding hydrogens is 278 g/mol. The van der Waals surface area contributed by atoms with Crippen LogP contribution in [0.2, 0.25) is 0 Å². The van der Waals surface area contributed by atoms with Gasteiger partial charge >= 0.3 is 0 Å². The summed E-state index contributed by atoms with van der Waals surface area (Å²) in [5.41, 5.74) is 5.59. The summed E-state index contributed by atoms with van der Waals surface area (Å²) in [6.07, 6.45) is 2.97. The standard InChI is InChI=1S/C22H29N/c1-16(2)20-12-9-13-21(17(3)4)22(20)18(5)23-15-14-19-10-7-6-8-11-19/h6-13,15-18H,14H2,1-5H3. The van der Waals surface area contributed by atoms with Gasteiger partial charge in [-0.1, -0.05) is 76.2 Å². The fourth-order valence-corrected chi connectivity index (χ4v) is 3.10. The summed E-state index contributed by atoms with van der Waals surface area (Å²) >= 11 is 0. The van der Waals surface area contributed by atoms with Crippen LogP contribution in [0.4, 0.5) is 0 Å². The molecule has 0 spiro atoms. The molecule has 0 radical (unpaired) electrons. The molecular formula is C22H29N. The fraction of sp³-hybridized carbons (Fsp3) is 0.409. The molecule has 0 aliphatic carbocycles. The van der Waals surface area contributed by atoms with Gasteiger partial charge < -0.3 is 0 Å². The van der Waals surface area contributed by atoms with Gasteiger partial charge in [-0.05, 0) is 41.0 Å². The lowest BCUT2D eigenvalue weighted by Crippen LogP contribution is -2.06. The van der Waals surface area contributed by atoms with E-state index >= 15 is 0 Å². The van der Waals surface area contributed by atoms with E-state index in [4.69, 9.17) is 4.99 Å². The topological polar surface area (TPSA) is 12.4 Å². The minimum absolute atomic E-state index is 0.203. The molecule has 1 unspecified atom stereocenters. The first-order valence-corrected chi connectivity index (χ1v) is 8.69. The van der Waals surface area contributed by atoms with Crippen molar-refractivity contribution in [2.45, 2.75) is 58.9 Å². The maximum Gasteiger partial charge on any atom is 0.0722 e. The Labute approximate surface area is 141 Å². The third-order valence-corrected chi connectivity index (χ3v) is 4.33. The average molecular weight is 307 g/mol. The van der Waals surface area contributed by atoms with Crippen molar-refractivity contribution in [2.75, 3.05) is 0 Å². The van der Waals surface area contributed by atoms with E-state index in [1.165, 1.54) is 22.3 Å². The maximum atomic E-state index is 4.85. The van der Waals surface area contributed by atoms with Crippen LogP contribution in [0, 0.1) is 0 Å². The first kappa shape index (κ1) is 17.5. The molecule has 0 aliphatic heterocycles. The van der Waals surface area contributed by atoms with Gasteiger partial charge in [-0.3, -0.25) is 4.99 Å². The van der Waals surface area contributed by atoms with Crippen molar-refractivity contribution in [1.82, 2.24) is 0 Å². The molecule has 122 valence electrons. The van der Waals surface area contributed by atoms with Gasteiger partial charge in [0.05, 0.1) is 6.04 Å². The van der Waals surface area contributed by atoms with Crippen molar-refractivity contribution in [3.05, 3.63) is 70.8 Å². The van der Waals surface area contributed by atoms with E-state index < -0.39 is 0 Å². The molecule has 0 heterocycles. The van der Waals surface area contributed by atoms with Crippen LogP contribution in [-0.4, -0.2) is 6.21 Å². The molecule has 0 fully saturated rings. The van der Waals surface area contributed by atoms with Gasteiger partial charge in [-0.2, -0.15) is 0 Å². The first-order valence-electron chi connectivity index (χ1n) is 8.69. The SMILES string of the molecule is CC(C)c1cccc(C(C)C)c1C(C)N=CCc1ccccc1. The second-order valence-corrected chi connectivity index (χ2v) is 6.86. The van der Waals surface area contributed by atoms with Crippen molar-refractivity contribution >= 4 is 6.21 Å². The molecule has 0 saturated carbocycles. The average Bonchev–Trinajstić information content (AvgIpc) is 2.54. The van der Waals surface area contributed by atoms with Crippen LogP contribution >= 0.6 is 0 Å². The Bertz CT molecular complexity index is 612. The lowest BCUT2D eigenvalue weighted by Gasteiger charge is -2.22. The Kier molecular flexibility index (Phi) is 6.15. The number of aliphatic imine (C=N–C) groups is 1. The highest BCUT2D eigenvalue weighted by molar-refractivity contribution is 5.62. The summed E-state index contributed by atoms with van der Waals surface area (Å²) in [5, 5.41) is 0. The van der Waals surface area contributed by atoms with Gasteiger partial charge in [0, 0.05) is 12.6 Å². The molecule has 2 aromatic carbocycles. The summed E-state index contributed by atoms with van der Waals surface area (Å²) in [6, 6.07) is 17.4. The van der Waals surface area contributed by atoms with Crippen molar-refractivity contribution in [3.63, 3.8) is 0 Å². The van der Waals surface area contributed by atoms with Gasteiger partial charge in [0.1, 0.15) is 0 Å². The van der Waals surface area contributed by atoms with E-state index in [-0.39, 0.29) is 6.04 Å². The molecule has 1 nitrogen and oxygen atoms in total. The van der Waals surface area contributed by atoms with Crippen molar-refractivity contribution < 1.29 is 0 Å². The van der Waals surface area contributed by atoms with E-state index in [1.54, 1.807) is 0 Å². The number of rotatable bonds is 6. The first-order chi connectivity index (χ1) is 11.0. The molecule has 23 heavy (non-hydrogen) atoms. The quantitative estimate of drug-likeness (QED) is 0.555. The second-order valence-electron chi connectivity index (χ2n) is 6.86. The molecule has 2 aromatic rings. The number of benzene rings is 2. The van der Waals surface area contributed by atoms with Crippen LogP contribution in [0.1, 0.15) is 74.8 Å². The Morgan fingerprint density at radius 2 is 1.35 bits per heavy atom. The lowest BCUT2D eigenvalue weighted by atomic mass is 9.85. The Hall–Kier alpha value is -1.89. The highest BCUT2D eigenvalue weighted by Gasteiger charge is 2.17. The van der Waals surface area contributed by atoms with E-state index in [2.05, 4.69) is 89.4 Å². The van der Waals surface area contributed by atoms with Crippen LogP contribution in [0.25, 0.3) is 0 Å². The Balaban J connectivity index is 2.25. The molecule has 0 N–H and O–H groups in total. The second kappa shape index (κ2) is 8.10. The molecule has 0 bridgehead atoms. The van der Waals surface area contributed by atoms with Gasteiger partial charge in [0.2, 0.25) is 0 Å². The van der Waals surface area contributed by atoms with Crippen molar-refractivity contribution in [3.8, 4) is 0 Å². The summed E-state index contributed by atoms with van der Waals surface area (Å²) in [7, 11) is 0. The Morgan fingerprint density at radius 1 is 0.783 bits per heavy atom. The molecule has 0 amide bonds. The highest BCUT2D eigenvalue weighted by atomic mass is 14.8. The van der Waals surface area contributed by atoms with Crippen LogP contribution in [0.5, 0.6) is 0 Å². The van der Waals surface area contributed by atoms with Crippen molar-refractivity contribution in [2.24, 2.45) is 4.99 Å². The largest absolute Gasteiger partial charge is 0.289 e. The Morgan fingerprint density at radius 3 is 1.87 bits per heavy atom. The van der Waals surface area contributed by atoms with Gasteiger partial charge in [0.25, 0.3) is 0 Å². The normalized spacial score (nSPS) is 13.2. The zero-order chi connectivity index (χ0) is 16.8. The van der Waals surface area contributed by atoms with E-state index in [1.807, 2.05) is 0 Å². The molecule has 0 aliphatic rings. The summed E-state index contributed by atoms with van der Waals surface area (Å²) in [5.74, 6) is 1.05. The smallest absolute Gasteiger partial charge is 0.0722 e. The summed E-state index contributed by atoms with van der Waals surface area (Å²) < 4.78 is 0. The van der Waals surface area contributed by atoms with Crippen LogP contribution in [0.15, 0.2) is 53.5 Å². The lowest BCUT2D eigenvalue weighted by molar-refractivity contribution is 0.731. The van der Waals surface area contributed by atoms with Crippen LogP contribution < -0.4 is 0 Å². The van der Waals surface area contributed by atoms with E-state index in [9.17, 15) is 0 Å². The van der Waals surface area contributed by atoms with E-state index in [0.29, 0.717) is 11.8 Å². The number of hydrogen-bond acceptors (Lipinski definition) is 1. The minimum Gasteiger partial charge on any atom is -0.289 e. The third-order valence-electron chi connectivity index (χ3n) is 4.33. The maximum absolute atomic E-state index is 4.85. The molecule has 2 rings (SSSR count). The van der Waals surface area contributed by atoms with Gasteiger partial charge in [0.15, 0.2) is 0 Å². The monoisotopic (exact) mass is 307 g/mol. The van der Waals surface area contributed by atoms with Gasteiger partial charge in [-0.15, -0.1) is 0 Å². The summed E-state index contributed by atoms with van der Waals surface area (Å²) in [6.45, 7) is 11.3.